The second kappa shape index (κ2) is 20.6. The van der Waals surface area contributed by atoms with E-state index in [2.05, 4.69) is 31.1 Å². The van der Waals surface area contributed by atoms with E-state index in [1.807, 2.05) is 72.8 Å². The van der Waals surface area contributed by atoms with Crippen molar-refractivity contribution < 1.29 is 46.2 Å². The lowest BCUT2D eigenvalue weighted by Crippen LogP contribution is -2.56. The number of alkyl halides is 3. The third kappa shape index (κ3) is 12.5. The number of amides is 3. The number of para-hydroxylation sites is 1. The first-order valence-corrected chi connectivity index (χ1v) is 19.6. The predicted molar refractivity (Wildman–Crippen MR) is 212 cm³/mol. The minimum atomic E-state index is -4.59. The summed E-state index contributed by atoms with van der Waals surface area (Å²) in [4.78, 5) is 42.9. The van der Waals surface area contributed by atoms with Crippen LogP contribution < -0.4 is 21.3 Å². The maximum absolute atomic E-state index is 14.2. The van der Waals surface area contributed by atoms with Gasteiger partial charge in [0.05, 0.1) is 25.4 Å². The highest BCUT2D eigenvalue weighted by Gasteiger charge is 2.35. The van der Waals surface area contributed by atoms with Crippen LogP contribution in [-0.4, -0.2) is 96.3 Å². The van der Waals surface area contributed by atoms with Gasteiger partial charge < -0.3 is 39.9 Å². The smallest absolute Gasteiger partial charge is 0.407 e. The number of pyridine rings is 1. The van der Waals surface area contributed by atoms with Crippen molar-refractivity contribution in [3.8, 4) is 11.5 Å². The van der Waals surface area contributed by atoms with Gasteiger partial charge in [-0.1, -0.05) is 90.6 Å². The molecule has 1 aliphatic rings. The van der Waals surface area contributed by atoms with Gasteiger partial charge in [-0.15, -0.1) is 10.2 Å². The molecular weight excluding hydrogens is 792 g/mol. The lowest BCUT2D eigenvalue weighted by Gasteiger charge is -2.37. The third-order valence-corrected chi connectivity index (χ3v) is 10.3. The molecule has 310 valence electrons. The van der Waals surface area contributed by atoms with E-state index < -0.39 is 54.9 Å². The van der Waals surface area contributed by atoms with Gasteiger partial charge in [-0.2, -0.15) is 13.2 Å². The van der Waals surface area contributed by atoms with Crippen molar-refractivity contribution in [2.75, 3.05) is 37.9 Å². The molecule has 0 radical (unpaired) electrons. The van der Waals surface area contributed by atoms with Crippen LogP contribution >= 0.6 is 11.8 Å². The zero-order valence-electron chi connectivity index (χ0n) is 31.8. The average Bonchev–Trinajstić information content (AvgIpc) is 3.74. The predicted octanol–water partition coefficient (Wildman–Crippen LogP) is 6.37. The summed E-state index contributed by atoms with van der Waals surface area (Å²) in [6.45, 7) is -1.46. The Hall–Kier alpha value is -5.98. The largest absolute Gasteiger partial charge is 0.453 e. The number of morpholine rings is 1. The molecule has 0 bridgehead atoms. The van der Waals surface area contributed by atoms with Crippen molar-refractivity contribution in [1.82, 2.24) is 31.1 Å². The van der Waals surface area contributed by atoms with Gasteiger partial charge in [-0.05, 0) is 47.7 Å². The molecular formula is C41H42F3N7O7S. The SMILES string of the molecule is COC(=O)NC(C(=O)Nc1ccccc1CCC1CNC(COC(=O)NCC(F)(F)F)C(CSc2nnc(-c3ccncc3)o2)O1)C(c1ccccc1)c1ccccc1. The Balaban J connectivity index is 1.14. The Kier molecular flexibility index (Phi) is 14.9. The van der Waals surface area contributed by atoms with Crippen molar-refractivity contribution in [3.63, 3.8) is 0 Å². The van der Waals surface area contributed by atoms with Gasteiger partial charge in [0.25, 0.3) is 5.22 Å². The van der Waals surface area contributed by atoms with Crippen LogP contribution in [0.15, 0.2) is 119 Å². The lowest BCUT2D eigenvalue weighted by molar-refractivity contribution is -0.124. The number of benzene rings is 3. The van der Waals surface area contributed by atoms with Crippen LogP contribution in [0.3, 0.4) is 0 Å². The first kappa shape index (κ1) is 42.6. The van der Waals surface area contributed by atoms with Gasteiger partial charge in [0, 0.05) is 41.9 Å². The molecule has 0 saturated carbocycles. The number of nitrogens with one attached hydrogen (secondary N) is 4. The highest BCUT2D eigenvalue weighted by Crippen LogP contribution is 2.31. The second-order valence-electron chi connectivity index (χ2n) is 13.4. The van der Waals surface area contributed by atoms with E-state index in [4.69, 9.17) is 18.6 Å². The lowest BCUT2D eigenvalue weighted by atomic mass is 9.84. The minimum absolute atomic E-state index is 0.261. The summed E-state index contributed by atoms with van der Waals surface area (Å²) in [5.41, 5.74) is 3.67. The quantitative estimate of drug-likeness (QED) is 0.0810. The maximum Gasteiger partial charge on any atom is 0.407 e. The van der Waals surface area contributed by atoms with Gasteiger partial charge in [-0.25, -0.2) is 9.59 Å². The number of hydrogen-bond acceptors (Lipinski definition) is 12. The molecule has 1 fully saturated rings. The summed E-state index contributed by atoms with van der Waals surface area (Å²) < 4.78 is 60.3. The van der Waals surface area contributed by atoms with Crippen molar-refractivity contribution in [3.05, 3.63) is 126 Å². The Morgan fingerprint density at radius 2 is 1.59 bits per heavy atom. The van der Waals surface area contributed by atoms with Crippen LogP contribution in [0.4, 0.5) is 28.4 Å². The van der Waals surface area contributed by atoms with Crippen molar-refractivity contribution >= 4 is 35.5 Å². The highest BCUT2D eigenvalue weighted by molar-refractivity contribution is 7.99. The summed E-state index contributed by atoms with van der Waals surface area (Å²) in [6.07, 6.45) is -3.35. The molecule has 14 nitrogen and oxygen atoms in total. The molecule has 3 aromatic carbocycles. The first-order valence-electron chi connectivity index (χ1n) is 18.6. The van der Waals surface area contributed by atoms with Crippen LogP contribution in [0.2, 0.25) is 0 Å². The number of alkyl carbamates (subject to hydrolysis) is 2. The molecule has 3 heterocycles. The monoisotopic (exact) mass is 833 g/mol. The Morgan fingerprint density at radius 1 is 0.915 bits per heavy atom. The Labute approximate surface area is 342 Å². The second-order valence-corrected chi connectivity index (χ2v) is 14.4. The molecule has 4 N–H and O–H groups in total. The average molecular weight is 834 g/mol. The van der Waals surface area contributed by atoms with E-state index in [0.29, 0.717) is 36.5 Å². The Morgan fingerprint density at radius 3 is 2.27 bits per heavy atom. The number of hydrogen-bond donors (Lipinski definition) is 4. The zero-order valence-corrected chi connectivity index (χ0v) is 32.6. The summed E-state index contributed by atoms with van der Waals surface area (Å²) in [5.74, 6) is -0.443. The molecule has 1 aliphatic heterocycles. The van der Waals surface area contributed by atoms with Gasteiger partial charge >= 0.3 is 18.4 Å². The highest BCUT2D eigenvalue weighted by atomic mass is 32.2. The van der Waals surface area contributed by atoms with E-state index >= 15 is 0 Å². The fourth-order valence-electron chi connectivity index (χ4n) is 6.49. The summed E-state index contributed by atoms with van der Waals surface area (Å²) in [6, 6.07) is 28.0. The molecule has 2 aromatic heterocycles. The number of aromatic nitrogens is 3. The molecule has 0 aliphatic carbocycles. The zero-order chi connectivity index (χ0) is 41.6. The summed E-state index contributed by atoms with van der Waals surface area (Å²) >= 11 is 1.22. The third-order valence-electron chi connectivity index (χ3n) is 9.36. The van der Waals surface area contributed by atoms with Crippen LogP contribution in [0, 0.1) is 0 Å². The van der Waals surface area contributed by atoms with Crippen LogP contribution in [-0.2, 0) is 25.4 Å². The maximum atomic E-state index is 14.2. The molecule has 1 saturated heterocycles. The van der Waals surface area contributed by atoms with Crippen molar-refractivity contribution in [2.24, 2.45) is 0 Å². The molecule has 4 atom stereocenters. The minimum Gasteiger partial charge on any atom is -0.453 e. The number of anilines is 1. The van der Waals surface area contributed by atoms with Crippen LogP contribution in [0.1, 0.15) is 29.0 Å². The van der Waals surface area contributed by atoms with Crippen LogP contribution in [0.25, 0.3) is 11.5 Å². The molecule has 18 heteroatoms. The molecule has 0 spiro atoms. The van der Waals surface area contributed by atoms with E-state index in [0.717, 1.165) is 16.7 Å². The summed E-state index contributed by atoms with van der Waals surface area (Å²) in [7, 11) is 1.24. The van der Waals surface area contributed by atoms with E-state index in [1.54, 1.807) is 42.0 Å². The molecule has 59 heavy (non-hydrogen) atoms. The fourth-order valence-corrected chi connectivity index (χ4v) is 7.34. The number of halogens is 3. The molecule has 5 aromatic rings. The Bertz CT molecular complexity index is 2080. The number of thioether (sulfide) groups is 1. The van der Waals surface area contributed by atoms with E-state index in [-0.39, 0.29) is 23.7 Å². The van der Waals surface area contributed by atoms with Gasteiger partial charge in [0.1, 0.15) is 19.2 Å². The molecule has 6 rings (SSSR count). The topological polar surface area (TPSA) is 179 Å². The van der Waals surface area contributed by atoms with Gasteiger partial charge in [0.15, 0.2) is 0 Å². The molecule has 4 unspecified atom stereocenters. The summed E-state index contributed by atoms with van der Waals surface area (Å²) in [5, 5.41) is 19.3. The van der Waals surface area contributed by atoms with Crippen molar-refractivity contribution in [1.29, 1.82) is 0 Å². The van der Waals surface area contributed by atoms with E-state index in [1.165, 1.54) is 18.9 Å². The van der Waals surface area contributed by atoms with Gasteiger partial charge in [-0.3, -0.25) is 9.78 Å². The number of ether oxygens (including phenoxy) is 3. The molecule has 3 amide bonds. The number of nitrogens with zero attached hydrogens (tertiary/aromatic N) is 3. The van der Waals surface area contributed by atoms with E-state index in [9.17, 15) is 27.6 Å². The standard InChI is InChI=1S/C41H42F3N7O7S/c1-55-39(54)49-35(34(27-11-4-2-5-12-27)28-13-6-3-7-14-28)36(52)48-31-15-9-8-10-26(31)16-17-30-22-46-32(23-56-38(53)47-25-41(42,43)44)33(57-30)24-59-40-51-50-37(58-40)29-18-20-45-21-19-29/h2-15,18-21,30,32-35,46H,16-17,22-25H2,1H3,(H,47,53)(H,48,52)(H,49,54). The fraction of sp³-hybridized carbons (Fsp3) is 0.317. The first-order chi connectivity index (χ1) is 28.6. The number of rotatable bonds is 16. The normalized spacial score (nSPS) is 17.1. The number of aryl methyl sites for hydroxylation is 1. The number of carbonyl (C=O) groups excluding carboxylic acids is 3. The number of methoxy groups -OCH3 is 1. The van der Waals surface area contributed by atoms with Gasteiger partial charge in [0.2, 0.25) is 11.8 Å². The number of carbonyl (C=O) groups is 3. The van der Waals surface area contributed by atoms with Crippen LogP contribution in [0.5, 0.6) is 0 Å². The van der Waals surface area contributed by atoms with Crippen molar-refractivity contribution in [2.45, 2.75) is 54.5 Å².